The summed E-state index contributed by atoms with van der Waals surface area (Å²) < 4.78 is 27.4. The minimum absolute atomic E-state index is 0.270. The van der Waals surface area contributed by atoms with Gasteiger partial charge in [-0.25, -0.2) is 13.8 Å². The predicted octanol–water partition coefficient (Wildman–Crippen LogP) is 7.22. The molecule has 0 aliphatic rings. The summed E-state index contributed by atoms with van der Waals surface area (Å²) in [4.78, 5) is 19.1. The van der Waals surface area contributed by atoms with Gasteiger partial charge >= 0.3 is 0 Å². The van der Waals surface area contributed by atoms with Gasteiger partial charge in [0.2, 0.25) is 0 Å². The smallest absolute Gasteiger partial charge is 0.265 e. The maximum Gasteiger partial charge on any atom is 0.265 e. The van der Waals surface area contributed by atoms with Gasteiger partial charge in [0.25, 0.3) is 5.91 Å². The molecule has 0 radical (unpaired) electrons. The van der Waals surface area contributed by atoms with Crippen molar-refractivity contribution in [3.05, 3.63) is 94.7 Å². The Labute approximate surface area is 184 Å². The molecule has 0 spiro atoms. The summed E-state index contributed by atoms with van der Waals surface area (Å²) in [7, 11) is 0. The highest BCUT2D eigenvalue weighted by atomic mass is 32.1. The normalized spacial score (nSPS) is 11.0. The number of aromatic nitrogens is 1. The standard InChI is InChI=1S/C24H14F2N2OS2/c25-15-5-3-14(4-6-15)19-13-21-18(23(28-19)20-2-1-11-30-20)12-22(31-21)24(29)27-17-9-7-16(26)8-10-17/h1-13H,(H,27,29). The molecule has 0 atom stereocenters. The fraction of sp³-hybridized carbons (Fsp3) is 0. The molecule has 152 valence electrons. The van der Waals surface area contributed by atoms with Crippen LogP contribution < -0.4 is 5.32 Å². The number of nitrogens with zero attached hydrogens (tertiary/aromatic N) is 1. The van der Waals surface area contributed by atoms with E-state index >= 15 is 0 Å². The van der Waals surface area contributed by atoms with E-state index in [2.05, 4.69) is 5.32 Å². The number of nitrogens with one attached hydrogen (secondary N) is 1. The molecule has 0 unspecified atom stereocenters. The Morgan fingerprint density at radius 2 is 1.61 bits per heavy atom. The van der Waals surface area contributed by atoms with Gasteiger partial charge in [-0.2, -0.15) is 0 Å². The summed E-state index contributed by atoms with van der Waals surface area (Å²) in [5, 5.41) is 5.65. The minimum atomic E-state index is -0.361. The maximum absolute atomic E-state index is 13.4. The molecular weight excluding hydrogens is 434 g/mol. The molecule has 0 saturated carbocycles. The van der Waals surface area contributed by atoms with Crippen molar-refractivity contribution >= 4 is 44.4 Å². The lowest BCUT2D eigenvalue weighted by Gasteiger charge is -2.06. The molecule has 31 heavy (non-hydrogen) atoms. The van der Waals surface area contributed by atoms with Gasteiger partial charge in [-0.1, -0.05) is 6.07 Å². The first-order valence-corrected chi connectivity index (χ1v) is 11.1. The van der Waals surface area contributed by atoms with Crippen molar-refractivity contribution in [2.24, 2.45) is 0 Å². The van der Waals surface area contributed by atoms with Crippen LogP contribution in [0, 0.1) is 11.6 Å². The summed E-state index contributed by atoms with van der Waals surface area (Å²) in [6, 6.07) is 19.5. The number of carbonyl (C=O) groups excluding carboxylic acids is 1. The van der Waals surface area contributed by atoms with Crippen LogP contribution in [0.2, 0.25) is 0 Å². The molecule has 3 heterocycles. The molecule has 7 heteroatoms. The number of thiophene rings is 2. The van der Waals surface area contributed by atoms with E-state index in [0.717, 1.165) is 26.2 Å². The molecule has 3 aromatic heterocycles. The Morgan fingerprint density at radius 1 is 0.903 bits per heavy atom. The van der Waals surface area contributed by atoms with Gasteiger partial charge in [-0.15, -0.1) is 22.7 Å². The molecule has 0 bridgehead atoms. The highest BCUT2D eigenvalue weighted by Gasteiger charge is 2.17. The second-order valence-electron chi connectivity index (χ2n) is 6.82. The van der Waals surface area contributed by atoms with Gasteiger partial charge in [-0.05, 0) is 72.1 Å². The highest BCUT2D eigenvalue weighted by Crippen LogP contribution is 2.38. The second kappa shape index (κ2) is 8.02. The summed E-state index contributed by atoms with van der Waals surface area (Å²) in [6.45, 7) is 0. The highest BCUT2D eigenvalue weighted by molar-refractivity contribution is 7.21. The topological polar surface area (TPSA) is 42.0 Å². The van der Waals surface area contributed by atoms with E-state index in [-0.39, 0.29) is 17.5 Å². The van der Waals surface area contributed by atoms with Crippen molar-refractivity contribution < 1.29 is 13.6 Å². The van der Waals surface area contributed by atoms with Gasteiger partial charge in [-0.3, -0.25) is 4.79 Å². The van der Waals surface area contributed by atoms with E-state index in [0.29, 0.717) is 16.3 Å². The van der Waals surface area contributed by atoms with Crippen LogP contribution in [0.1, 0.15) is 9.67 Å². The molecule has 1 amide bonds. The molecule has 0 fully saturated rings. The van der Waals surface area contributed by atoms with E-state index in [9.17, 15) is 13.6 Å². The Kier molecular flexibility index (Phi) is 5.05. The first-order chi connectivity index (χ1) is 15.1. The molecule has 2 aromatic carbocycles. The lowest BCUT2D eigenvalue weighted by Crippen LogP contribution is -2.09. The number of halogens is 2. The van der Waals surface area contributed by atoms with Crippen LogP contribution in [-0.2, 0) is 0 Å². The van der Waals surface area contributed by atoms with Crippen LogP contribution >= 0.6 is 22.7 Å². The summed E-state index contributed by atoms with van der Waals surface area (Å²) >= 11 is 2.92. The van der Waals surface area contributed by atoms with Crippen molar-refractivity contribution in [2.75, 3.05) is 5.32 Å². The average molecular weight is 449 g/mol. The Bertz CT molecular complexity index is 1380. The molecule has 3 nitrogen and oxygen atoms in total. The number of hydrogen-bond donors (Lipinski definition) is 1. The number of amides is 1. The molecule has 0 saturated heterocycles. The van der Waals surface area contributed by atoms with E-state index in [4.69, 9.17) is 4.98 Å². The van der Waals surface area contributed by atoms with Crippen molar-refractivity contribution in [3.63, 3.8) is 0 Å². The largest absolute Gasteiger partial charge is 0.321 e. The fourth-order valence-electron chi connectivity index (χ4n) is 3.24. The lowest BCUT2D eigenvalue weighted by molar-refractivity contribution is 0.103. The van der Waals surface area contributed by atoms with Crippen LogP contribution in [0.25, 0.3) is 31.9 Å². The van der Waals surface area contributed by atoms with Crippen molar-refractivity contribution in [3.8, 4) is 21.8 Å². The van der Waals surface area contributed by atoms with Crippen LogP contribution in [0.3, 0.4) is 0 Å². The van der Waals surface area contributed by atoms with Crippen molar-refractivity contribution in [1.29, 1.82) is 0 Å². The van der Waals surface area contributed by atoms with Gasteiger partial charge in [0.1, 0.15) is 11.6 Å². The number of hydrogen-bond acceptors (Lipinski definition) is 4. The molecule has 5 aromatic rings. The first-order valence-electron chi connectivity index (χ1n) is 9.38. The van der Waals surface area contributed by atoms with Gasteiger partial charge in [0, 0.05) is 21.3 Å². The number of pyridine rings is 1. The average Bonchev–Trinajstić information content (AvgIpc) is 3.45. The first kappa shape index (κ1) is 19.5. The van der Waals surface area contributed by atoms with Crippen molar-refractivity contribution in [1.82, 2.24) is 4.98 Å². The number of benzene rings is 2. The van der Waals surface area contributed by atoms with Gasteiger partial charge in [0.15, 0.2) is 0 Å². The molecule has 1 N–H and O–H groups in total. The van der Waals surface area contributed by atoms with Crippen molar-refractivity contribution in [2.45, 2.75) is 0 Å². The number of rotatable bonds is 4. The van der Waals surface area contributed by atoms with E-state index in [1.807, 2.05) is 29.6 Å². The molecule has 0 aliphatic heterocycles. The summed E-state index contributed by atoms with van der Waals surface area (Å²) in [6.07, 6.45) is 0. The van der Waals surface area contributed by atoms with Crippen LogP contribution in [0.15, 0.2) is 78.2 Å². The Balaban J connectivity index is 1.59. The lowest BCUT2D eigenvalue weighted by atomic mass is 10.1. The quantitative estimate of drug-likeness (QED) is 0.315. The third-order valence-corrected chi connectivity index (χ3v) is 6.69. The third-order valence-electron chi connectivity index (χ3n) is 4.74. The second-order valence-corrected chi connectivity index (χ2v) is 8.86. The number of carbonyl (C=O) groups is 1. The van der Waals surface area contributed by atoms with Gasteiger partial charge in [0.05, 0.1) is 21.1 Å². The van der Waals surface area contributed by atoms with Crippen LogP contribution in [0.4, 0.5) is 14.5 Å². The van der Waals surface area contributed by atoms with Gasteiger partial charge < -0.3 is 5.32 Å². The molecular formula is C24H14F2N2OS2. The van der Waals surface area contributed by atoms with Crippen LogP contribution in [-0.4, -0.2) is 10.9 Å². The zero-order chi connectivity index (χ0) is 21.4. The fourth-order valence-corrected chi connectivity index (χ4v) is 4.96. The van der Waals surface area contributed by atoms with Crippen LogP contribution in [0.5, 0.6) is 0 Å². The van der Waals surface area contributed by atoms with E-state index < -0.39 is 0 Å². The summed E-state index contributed by atoms with van der Waals surface area (Å²) in [5.74, 6) is -0.938. The maximum atomic E-state index is 13.4. The number of fused-ring (bicyclic) bond motifs is 1. The Hall–Kier alpha value is -3.42. The molecule has 5 rings (SSSR count). The van der Waals surface area contributed by atoms with E-state index in [1.165, 1.54) is 47.7 Å². The zero-order valence-corrected chi connectivity index (χ0v) is 17.6. The minimum Gasteiger partial charge on any atom is -0.321 e. The monoisotopic (exact) mass is 448 g/mol. The summed E-state index contributed by atoms with van der Waals surface area (Å²) in [5.41, 5.74) is 2.81. The molecule has 0 aliphatic carbocycles. The zero-order valence-electron chi connectivity index (χ0n) is 15.9. The third kappa shape index (κ3) is 3.97. The predicted molar refractivity (Wildman–Crippen MR) is 123 cm³/mol. The Morgan fingerprint density at radius 3 is 2.29 bits per heavy atom. The number of anilines is 1. The van der Waals surface area contributed by atoms with E-state index in [1.54, 1.807) is 23.5 Å². The SMILES string of the molecule is O=C(Nc1ccc(F)cc1)c1cc2c(-c3cccs3)nc(-c3ccc(F)cc3)cc2s1.